The second-order valence-electron chi connectivity index (χ2n) is 4.20. The highest BCUT2D eigenvalue weighted by molar-refractivity contribution is 9.10. The highest BCUT2D eigenvalue weighted by Crippen LogP contribution is 2.25. The van der Waals surface area contributed by atoms with Crippen molar-refractivity contribution >= 4 is 21.6 Å². The van der Waals surface area contributed by atoms with Gasteiger partial charge in [0.2, 0.25) is 0 Å². The van der Waals surface area contributed by atoms with Crippen LogP contribution in [0.4, 0.5) is 5.69 Å². The molecule has 0 fully saturated rings. The van der Waals surface area contributed by atoms with E-state index < -0.39 is 0 Å². The molecule has 100 valence electrons. The summed E-state index contributed by atoms with van der Waals surface area (Å²) in [7, 11) is 0. The fraction of sp³-hybridized carbons (Fsp3) is 0.200. The van der Waals surface area contributed by atoms with E-state index in [0.29, 0.717) is 18.9 Å². The number of aryl methyl sites for hydroxylation is 1. The van der Waals surface area contributed by atoms with E-state index in [1.165, 1.54) is 5.56 Å². The van der Waals surface area contributed by atoms with E-state index >= 15 is 0 Å². The van der Waals surface area contributed by atoms with Crippen molar-refractivity contribution in [2.75, 3.05) is 18.9 Å². The van der Waals surface area contributed by atoms with Gasteiger partial charge in [-0.15, -0.1) is 0 Å². The zero-order valence-electron chi connectivity index (χ0n) is 10.7. The minimum atomic E-state index is 0.476. The van der Waals surface area contributed by atoms with Crippen molar-refractivity contribution in [1.29, 1.82) is 0 Å². The molecule has 0 aliphatic rings. The zero-order valence-corrected chi connectivity index (χ0v) is 12.3. The Labute approximate surface area is 121 Å². The molecule has 0 atom stereocenters. The molecule has 0 spiro atoms. The number of hydrogen-bond donors (Lipinski definition) is 1. The first-order valence-electron chi connectivity index (χ1n) is 6.02. The van der Waals surface area contributed by atoms with Gasteiger partial charge in [-0.25, -0.2) is 0 Å². The molecule has 0 radical (unpaired) electrons. The molecule has 2 aromatic rings. The Morgan fingerprint density at radius 3 is 2.58 bits per heavy atom. The number of ether oxygens (including phenoxy) is 2. The molecule has 19 heavy (non-hydrogen) atoms. The molecule has 0 aromatic heterocycles. The Hall–Kier alpha value is -1.68. The molecule has 0 unspecified atom stereocenters. The van der Waals surface area contributed by atoms with Gasteiger partial charge >= 0.3 is 0 Å². The van der Waals surface area contributed by atoms with Gasteiger partial charge in [-0.05, 0) is 52.7 Å². The Kier molecular flexibility index (Phi) is 4.68. The van der Waals surface area contributed by atoms with E-state index in [-0.39, 0.29) is 0 Å². The molecule has 4 heteroatoms. The first-order valence-corrected chi connectivity index (χ1v) is 6.82. The number of benzene rings is 2. The molecule has 3 nitrogen and oxygen atoms in total. The SMILES string of the molecule is Cc1ccc(OCCOc2cccc(N)c2)c(Br)c1. The maximum Gasteiger partial charge on any atom is 0.133 e. The second-order valence-corrected chi connectivity index (χ2v) is 5.06. The molecule has 0 saturated carbocycles. The zero-order chi connectivity index (χ0) is 13.7. The standard InChI is InChI=1S/C15H16BrNO2/c1-11-5-6-15(14(16)9-11)19-8-7-18-13-4-2-3-12(17)10-13/h2-6,9-10H,7-8,17H2,1H3. The van der Waals surface area contributed by atoms with Crippen LogP contribution in [0.3, 0.4) is 0 Å². The highest BCUT2D eigenvalue weighted by Gasteiger charge is 2.01. The third-order valence-corrected chi connectivity index (χ3v) is 3.17. The Bertz CT molecular complexity index is 558. The fourth-order valence-electron chi connectivity index (χ4n) is 1.64. The normalized spacial score (nSPS) is 10.2. The van der Waals surface area contributed by atoms with E-state index in [1.54, 1.807) is 6.07 Å². The summed E-state index contributed by atoms with van der Waals surface area (Å²) in [4.78, 5) is 0. The Morgan fingerprint density at radius 2 is 1.84 bits per heavy atom. The van der Waals surface area contributed by atoms with Gasteiger partial charge in [-0.1, -0.05) is 12.1 Å². The quantitative estimate of drug-likeness (QED) is 0.673. The van der Waals surface area contributed by atoms with Crippen LogP contribution in [0.15, 0.2) is 46.9 Å². The van der Waals surface area contributed by atoms with Crippen LogP contribution >= 0.6 is 15.9 Å². The average molecular weight is 322 g/mol. The van der Waals surface area contributed by atoms with Crippen LogP contribution in [-0.4, -0.2) is 13.2 Å². The van der Waals surface area contributed by atoms with Crippen LogP contribution in [0, 0.1) is 6.92 Å². The molecule has 0 saturated heterocycles. The fourth-order valence-corrected chi connectivity index (χ4v) is 2.25. The first kappa shape index (κ1) is 13.7. The molecule has 2 aromatic carbocycles. The summed E-state index contributed by atoms with van der Waals surface area (Å²) >= 11 is 3.47. The number of hydrogen-bond acceptors (Lipinski definition) is 3. The van der Waals surface area contributed by atoms with Crippen molar-refractivity contribution < 1.29 is 9.47 Å². The Balaban J connectivity index is 1.81. The van der Waals surface area contributed by atoms with Gasteiger partial charge in [0, 0.05) is 11.8 Å². The Morgan fingerprint density at radius 1 is 1.05 bits per heavy atom. The molecular formula is C15H16BrNO2. The monoisotopic (exact) mass is 321 g/mol. The van der Waals surface area contributed by atoms with E-state index in [4.69, 9.17) is 15.2 Å². The molecule has 0 aliphatic heterocycles. The lowest BCUT2D eigenvalue weighted by Crippen LogP contribution is -2.09. The molecule has 0 heterocycles. The van der Waals surface area contributed by atoms with Crippen LogP contribution in [0.5, 0.6) is 11.5 Å². The number of anilines is 1. The minimum absolute atomic E-state index is 0.476. The largest absolute Gasteiger partial charge is 0.490 e. The van der Waals surface area contributed by atoms with Crippen molar-refractivity contribution in [3.63, 3.8) is 0 Å². The van der Waals surface area contributed by atoms with E-state index in [2.05, 4.69) is 15.9 Å². The van der Waals surface area contributed by atoms with Gasteiger partial charge in [-0.2, -0.15) is 0 Å². The molecule has 2 rings (SSSR count). The summed E-state index contributed by atoms with van der Waals surface area (Å²) in [5.74, 6) is 1.58. The van der Waals surface area contributed by atoms with Crippen LogP contribution in [0.2, 0.25) is 0 Å². The molecule has 2 N–H and O–H groups in total. The smallest absolute Gasteiger partial charge is 0.133 e. The predicted molar refractivity (Wildman–Crippen MR) is 80.7 cm³/mol. The number of nitrogens with two attached hydrogens (primary N) is 1. The lowest BCUT2D eigenvalue weighted by atomic mass is 10.2. The third-order valence-electron chi connectivity index (χ3n) is 2.56. The summed E-state index contributed by atoms with van der Waals surface area (Å²) in [6.07, 6.45) is 0. The number of nitrogen functional groups attached to an aromatic ring is 1. The summed E-state index contributed by atoms with van der Waals surface area (Å²) < 4.78 is 12.1. The van der Waals surface area contributed by atoms with E-state index in [0.717, 1.165) is 16.0 Å². The maximum atomic E-state index is 5.67. The number of halogens is 1. The second kappa shape index (κ2) is 6.48. The van der Waals surface area contributed by atoms with Crippen molar-refractivity contribution in [1.82, 2.24) is 0 Å². The van der Waals surface area contributed by atoms with Crippen LogP contribution in [0.1, 0.15) is 5.56 Å². The van der Waals surface area contributed by atoms with Crippen LogP contribution in [-0.2, 0) is 0 Å². The first-order chi connectivity index (χ1) is 9.15. The lowest BCUT2D eigenvalue weighted by Gasteiger charge is -2.10. The van der Waals surface area contributed by atoms with Gasteiger partial charge in [0.15, 0.2) is 0 Å². The summed E-state index contributed by atoms with van der Waals surface area (Å²) in [5.41, 5.74) is 7.55. The van der Waals surface area contributed by atoms with Crippen LogP contribution < -0.4 is 15.2 Å². The van der Waals surface area contributed by atoms with Gasteiger partial charge < -0.3 is 15.2 Å². The highest BCUT2D eigenvalue weighted by atomic mass is 79.9. The predicted octanol–water partition coefficient (Wildman–Crippen LogP) is 3.80. The molecular weight excluding hydrogens is 306 g/mol. The molecule has 0 aliphatic carbocycles. The molecule has 0 bridgehead atoms. The maximum absolute atomic E-state index is 5.67. The summed E-state index contributed by atoms with van der Waals surface area (Å²) in [6, 6.07) is 13.3. The van der Waals surface area contributed by atoms with E-state index in [1.807, 2.05) is 43.3 Å². The van der Waals surface area contributed by atoms with Gasteiger partial charge in [0.05, 0.1) is 4.47 Å². The summed E-state index contributed by atoms with van der Waals surface area (Å²) in [5, 5.41) is 0. The van der Waals surface area contributed by atoms with E-state index in [9.17, 15) is 0 Å². The average Bonchev–Trinajstić information content (AvgIpc) is 2.37. The molecule has 0 amide bonds. The van der Waals surface area contributed by atoms with Crippen LogP contribution in [0.25, 0.3) is 0 Å². The topological polar surface area (TPSA) is 44.5 Å². The number of rotatable bonds is 5. The lowest BCUT2D eigenvalue weighted by molar-refractivity contribution is 0.216. The third kappa shape index (κ3) is 4.17. The summed E-state index contributed by atoms with van der Waals surface area (Å²) in [6.45, 7) is 3.00. The minimum Gasteiger partial charge on any atom is -0.490 e. The van der Waals surface area contributed by atoms with Gasteiger partial charge in [0.1, 0.15) is 24.7 Å². The van der Waals surface area contributed by atoms with Gasteiger partial charge in [0.25, 0.3) is 0 Å². The van der Waals surface area contributed by atoms with Crippen molar-refractivity contribution in [3.8, 4) is 11.5 Å². The van der Waals surface area contributed by atoms with Gasteiger partial charge in [-0.3, -0.25) is 0 Å². The van der Waals surface area contributed by atoms with Crippen molar-refractivity contribution in [2.24, 2.45) is 0 Å². The van der Waals surface area contributed by atoms with Crippen molar-refractivity contribution in [2.45, 2.75) is 6.92 Å². The van der Waals surface area contributed by atoms with Crippen molar-refractivity contribution in [3.05, 3.63) is 52.5 Å².